The standard InChI is InChI=1S/C31H45F3N4S/c1-30(2,3)24-6-8-25(9-7-24)35-27-14-20-37(21-15-27)18-4-5-19-38-22-16-28(17-23-38)36-26-10-12-29(13-11-26)39-31(32,33)34/h6-13,27-28,35-36H,4-5,14-23H2,1-3H3. The molecular formula is C31H45F3N4S. The van der Waals surface area contributed by atoms with E-state index in [1.54, 1.807) is 24.3 Å². The number of alkyl halides is 3. The van der Waals surface area contributed by atoms with Crippen molar-refractivity contribution >= 4 is 23.1 Å². The van der Waals surface area contributed by atoms with Crippen molar-refractivity contribution in [3.8, 4) is 0 Å². The highest BCUT2D eigenvalue weighted by atomic mass is 32.2. The lowest BCUT2D eigenvalue weighted by atomic mass is 9.87. The highest BCUT2D eigenvalue weighted by molar-refractivity contribution is 8.00. The van der Waals surface area contributed by atoms with Crippen molar-refractivity contribution in [1.82, 2.24) is 9.80 Å². The molecule has 0 unspecified atom stereocenters. The summed E-state index contributed by atoms with van der Waals surface area (Å²) in [6.07, 6.45) is 7.01. The van der Waals surface area contributed by atoms with E-state index in [9.17, 15) is 13.2 Å². The lowest BCUT2D eigenvalue weighted by Crippen LogP contribution is -2.40. The van der Waals surface area contributed by atoms with Crippen LogP contribution in [0.1, 0.15) is 64.9 Å². The van der Waals surface area contributed by atoms with Crippen molar-refractivity contribution < 1.29 is 13.2 Å². The number of hydrogen-bond donors (Lipinski definition) is 2. The molecule has 2 aromatic rings. The van der Waals surface area contributed by atoms with E-state index in [4.69, 9.17) is 0 Å². The quantitative estimate of drug-likeness (QED) is 0.228. The van der Waals surface area contributed by atoms with E-state index in [1.165, 1.54) is 56.6 Å². The molecular weight excluding hydrogens is 517 g/mol. The summed E-state index contributed by atoms with van der Waals surface area (Å²) in [7, 11) is 0. The summed E-state index contributed by atoms with van der Waals surface area (Å²) in [5.74, 6) is 0. The molecule has 0 bridgehead atoms. The van der Waals surface area contributed by atoms with Crippen LogP contribution in [0.25, 0.3) is 0 Å². The van der Waals surface area contributed by atoms with Gasteiger partial charge in [-0.15, -0.1) is 0 Å². The first-order valence-corrected chi connectivity index (χ1v) is 15.3. The fourth-order valence-electron chi connectivity index (χ4n) is 5.56. The van der Waals surface area contributed by atoms with E-state index in [1.807, 2.05) is 0 Å². The number of piperidine rings is 2. The number of halogens is 3. The van der Waals surface area contributed by atoms with Crippen LogP contribution >= 0.6 is 11.8 Å². The summed E-state index contributed by atoms with van der Waals surface area (Å²) in [5, 5.41) is 7.24. The SMILES string of the molecule is CC(C)(C)c1ccc(NC2CCN(CCCCN3CCC(Nc4ccc(SC(F)(F)F)cc4)CC3)CC2)cc1. The van der Waals surface area contributed by atoms with Crippen LogP contribution in [0.5, 0.6) is 0 Å². The maximum absolute atomic E-state index is 12.5. The lowest BCUT2D eigenvalue weighted by molar-refractivity contribution is -0.0328. The summed E-state index contributed by atoms with van der Waals surface area (Å²) in [4.78, 5) is 5.41. The number of nitrogens with zero attached hydrogens (tertiary/aromatic N) is 2. The minimum absolute atomic E-state index is 0.0652. The third-order valence-electron chi connectivity index (χ3n) is 7.95. The Balaban J connectivity index is 1.05. The van der Waals surface area contributed by atoms with Crippen molar-refractivity contribution in [3.05, 3.63) is 54.1 Å². The maximum Gasteiger partial charge on any atom is 0.446 e. The largest absolute Gasteiger partial charge is 0.446 e. The number of nitrogens with one attached hydrogen (secondary N) is 2. The van der Waals surface area contributed by atoms with Crippen molar-refractivity contribution in [1.29, 1.82) is 0 Å². The number of likely N-dealkylation sites (tertiary alicyclic amines) is 2. The molecule has 0 saturated carbocycles. The third-order valence-corrected chi connectivity index (χ3v) is 8.69. The monoisotopic (exact) mass is 562 g/mol. The topological polar surface area (TPSA) is 30.5 Å². The van der Waals surface area contributed by atoms with Crippen LogP contribution in [0.15, 0.2) is 53.4 Å². The molecule has 0 aromatic heterocycles. The molecule has 39 heavy (non-hydrogen) atoms. The molecule has 0 radical (unpaired) electrons. The molecule has 0 amide bonds. The number of hydrogen-bond acceptors (Lipinski definition) is 5. The summed E-state index contributed by atoms with van der Waals surface area (Å²) >= 11 is -0.0652. The van der Waals surface area contributed by atoms with Gasteiger partial charge in [0.1, 0.15) is 0 Å². The van der Waals surface area contributed by atoms with Gasteiger partial charge in [-0.05, 0) is 111 Å². The first-order valence-electron chi connectivity index (χ1n) is 14.5. The Hall–Kier alpha value is -1.90. The molecule has 0 aliphatic carbocycles. The molecule has 216 valence electrons. The van der Waals surface area contributed by atoms with Gasteiger partial charge in [0.2, 0.25) is 0 Å². The van der Waals surface area contributed by atoms with Crippen LogP contribution in [0.4, 0.5) is 24.5 Å². The zero-order valence-corrected chi connectivity index (χ0v) is 24.5. The molecule has 2 aliphatic heterocycles. The van der Waals surface area contributed by atoms with Crippen molar-refractivity contribution in [2.45, 2.75) is 87.2 Å². The number of rotatable bonds is 10. The average molecular weight is 563 g/mol. The highest BCUT2D eigenvalue weighted by Gasteiger charge is 2.29. The number of unbranched alkanes of at least 4 members (excludes halogenated alkanes) is 1. The van der Waals surface area contributed by atoms with E-state index in [-0.39, 0.29) is 22.1 Å². The fraction of sp³-hybridized carbons (Fsp3) is 0.613. The Morgan fingerprint density at radius 1 is 0.692 bits per heavy atom. The number of anilines is 2. The molecule has 0 atom stereocenters. The summed E-state index contributed by atoms with van der Waals surface area (Å²) in [6, 6.07) is 16.5. The van der Waals surface area contributed by atoms with Crippen LogP contribution in [-0.2, 0) is 5.41 Å². The Bertz CT molecular complexity index is 988. The number of benzene rings is 2. The van der Waals surface area contributed by atoms with Gasteiger partial charge in [-0.2, -0.15) is 13.2 Å². The highest BCUT2D eigenvalue weighted by Crippen LogP contribution is 2.37. The molecule has 2 heterocycles. The minimum atomic E-state index is -4.24. The zero-order valence-electron chi connectivity index (χ0n) is 23.7. The third kappa shape index (κ3) is 10.2. The Kier molecular flexibility index (Phi) is 10.5. The maximum atomic E-state index is 12.5. The average Bonchev–Trinajstić information content (AvgIpc) is 2.89. The first-order chi connectivity index (χ1) is 18.5. The van der Waals surface area contributed by atoms with Gasteiger partial charge in [-0.3, -0.25) is 0 Å². The summed E-state index contributed by atoms with van der Waals surface area (Å²) in [6.45, 7) is 13.6. The molecule has 2 aliphatic rings. The predicted octanol–water partition coefficient (Wildman–Crippen LogP) is 7.83. The summed E-state index contributed by atoms with van der Waals surface area (Å²) < 4.78 is 37.5. The summed E-state index contributed by atoms with van der Waals surface area (Å²) in [5.41, 5.74) is -0.539. The Morgan fingerprint density at radius 3 is 1.49 bits per heavy atom. The van der Waals surface area contributed by atoms with E-state index >= 15 is 0 Å². The second kappa shape index (κ2) is 13.6. The second-order valence-electron chi connectivity index (χ2n) is 12.1. The molecule has 4 nitrogen and oxygen atoms in total. The lowest BCUT2D eigenvalue weighted by Gasteiger charge is -2.34. The van der Waals surface area contributed by atoms with Crippen LogP contribution in [0.3, 0.4) is 0 Å². The van der Waals surface area contributed by atoms with E-state index in [2.05, 4.69) is 65.5 Å². The van der Waals surface area contributed by atoms with Crippen LogP contribution in [0.2, 0.25) is 0 Å². The van der Waals surface area contributed by atoms with Crippen LogP contribution < -0.4 is 10.6 Å². The van der Waals surface area contributed by atoms with Gasteiger partial charge in [-0.25, -0.2) is 0 Å². The van der Waals surface area contributed by atoms with Gasteiger partial charge < -0.3 is 20.4 Å². The molecule has 8 heteroatoms. The molecule has 2 aromatic carbocycles. The van der Waals surface area contributed by atoms with Gasteiger partial charge in [0.15, 0.2) is 0 Å². The van der Waals surface area contributed by atoms with E-state index in [0.717, 1.165) is 38.2 Å². The minimum Gasteiger partial charge on any atom is -0.382 e. The molecule has 2 N–H and O–H groups in total. The van der Waals surface area contributed by atoms with Crippen molar-refractivity contribution in [2.24, 2.45) is 0 Å². The van der Waals surface area contributed by atoms with Crippen LogP contribution in [-0.4, -0.2) is 66.7 Å². The van der Waals surface area contributed by atoms with Gasteiger partial charge in [0.25, 0.3) is 0 Å². The normalized spacial score (nSPS) is 18.8. The van der Waals surface area contributed by atoms with E-state index < -0.39 is 5.51 Å². The van der Waals surface area contributed by atoms with Gasteiger partial charge in [0, 0.05) is 54.5 Å². The predicted molar refractivity (Wildman–Crippen MR) is 159 cm³/mol. The Labute approximate surface area is 237 Å². The smallest absolute Gasteiger partial charge is 0.382 e. The molecule has 4 rings (SSSR count). The van der Waals surface area contributed by atoms with E-state index in [0.29, 0.717) is 12.1 Å². The molecule has 0 spiro atoms. The van der Waals surface area contributed by atoms with Gasteiger partial charge >= 0.3 is 5.51 Å². The first kappa shape index (κ1) is 30.1. The fourth-order valence-corrected chi connectivity index (χ4v) is 6.10. The molecule has 2 fully saturated rings. The number of thioether (sulfide) groups is 1. The van der Waals surface area contributed by atoms with Crippen molar-refractivity contribution in [2.75, 3.05) is 49.9 Å². The second-order valence-corrected chi connectivity index (χ2v) is 13.3. The van der Waals surface area contributed by atoms with Crippen LogP contribution in [0, 0.1) is 0 Å². The van der Waals surface area contributed by atoms with Crippen molar-refractivity contribution in [3.63, 3.8) is 0 Å². The van der Waals surface area contributed by atoms with Gasteiger partial charge in [0.05, 0.1) is 0 Å². The Morgan fingerprint density at radius 2 is 1.10 bits per heavy atom. The molecule has 2 saturated heterocycles. The zero-order chi connectivity index (χ0) is 27.9. The van der Waals surface area contributed by atoms with Gasteiger partial charge in [-0.1, -0.05) is 32.9 Å².